The summed E-state index contributed by atoms with van der Waals surface area (Å²) >= 11 is 4.65. The molecule has 0 bridgehead atoms. The van der Waals surface area contributed by atoms with Crippen LogP contribution in [0.2, 0.25) is 0 Å². The van der Waals surface area contributed by atoms with Gasteiger partial charge in [0, 0.05) is 10.0 Å². The Hall–Kier alpha value is -1.47. The maximum atomic E-state index is 12.0. The maximum absolute atomic E-state index is 12.0. The monoisotopic (exact) mass is 338 g/mol. The molecule has 0 saturated heterocycles. The van der Waals surface area contributed by atoms with Gasteiger partial charge in [0.1, 0.15) is 0 Å². The Kier molecular flexibility index (Phi) is 4.86. The van der Waals surface area contributed by atoms with E-state index in [2.05, 4.69) is 38.0 Å². The van der Waals surface area contributed by atoms with E-state index in [-0.39, 0.29) is 5.78 Å². The van der Waals surface area contributed by atoms with Crippen LogP contribution >= 0.6 is 27.7 Å². The highest BCUT2D eigenvalue weighted by Gasteiger charge is 2.10. The van der Waals surface area contributed by atoms with E-state index >= 15 is 0 Å². The van der Waals surface area contributed by atoms with Crippen molar-refractivity contribution in [2.24, 2.45) is 0 Å². The van der Waals surface area contributed by atoms with Crippen molar-refractivity contribution in [3.8, 4) is 0 Å². The Bertz CT molecular complexity index is 582. The smallest absolute Gasteiger partial charge is 0.210 e. The normalized spacial score (nSPS) is 10.4. The molecule has 19 heavy (non-hydrogen) atoms. The molecule has 5 nitrogen and oxygen atoms in total. The number of carbonyl (C=O) groups is 1. The van der Waals surface area contributed by atoms with Gasteiger partial charge < -0.3 is 0 Å². The molecular formula is C12H11BrN4OS. The number of hydrogen-bond acceptors (Lipinski definition) is 5. The summed E-state index contributed by atoms with van der Waals surface area (Å²) < 4.78 is 2.55. The molecule has 0 amide bonds. The predicted molar refractivity (Wildman–Crippen MR) is 77.2 cm³/mol. The fraction of sp³-hybridized carbons (Fsp3) is 0.167. The van der Waals surface area contributed by atoms with E-state index in [9.17, 15) is 4.79 Å². The number of hydrogen-bond donors (Lipinski definition) is 0. The molecule has 1 aromatic heterocycles. The van der Waals surface area contributed by atoms with Crippen molar-refractivity contribution in [1.82, 2.24) is 20.2 Å². The Morgan fingerprint density at radius 3 is 2.84 bits per heavy atom. The van der Waals surface area contributed by atoms with E-state index in [1.165, 1.54) is 11.8 Å². The van der Waals surface area contributed by atoms with E-state index in [4.69, 9.17) is 0 Å². The van der Waals surface area contributed by atoms with Crippen molar-refractivity contribution >= 4 is 33.5 Å². The van der Waals surface area contributed by atoms with Crippen LogP contribution in [0.5, 0.6) is 0 Å². The molecule has 0 unspecified atom stereocenters. The topological polar surface area (TPSA) is 60.7 Å². The lowest BCUT2D eigenvalue weighted by atomic mass is 10.2. The summed E-state index contributed by atoms with van der Waals surface area (Å²) in [4.78, 5) is 12.0. The minimum atomic E-state index is 0.0469. The Labute approximate surface area is 123 Å². The van der Waals surface area contributed by atoms with Gasteiger partial charge >= 0.3 is 0 Å². The summed E-state index contributed by atoms with van der Waals surface area (Å²) in [5.41, 5.74) is 0.679. The first-order valence-corrected chi connectivity index (χ1v) is 7.27. The maximum Gasteiger partial charge on any atom is 0.210 e. The van der Waals surface area contributed by atoms with Gasteiger partial charge in [0.05, 0.1) is 12.3 Å². The number of ketones is 1. The third kappa shape index (κ3) is 3.74. The number of rotatable bonds is 6. The zero-order valence-corrected chi connectivity index (χ0v) is 12.4. The average molecular weight is 339 g/mol. The number of aromatic nitrogens is 4. The number of thioether (sulfide) groups is 1. The molecule has 0 N–H and O–H groups in total. The van der Waals surface area contributed by atoms with Gasteiger partial charge in [0.25, 0.3) is 0 Å². The van der Waals surface area contributed by atoms with Crippen LogP contribution in [0.3, 0.4) is 0 Å². The van der Waals surface area contributed by atoms with E-state index in [0.717, 1.165) is 4.47 Å². The van der Waals surface area contributed by atoms with Crippen molar-refractivity contribution in [1.29, 1.82) is 0 Å². The second-order valence-corrected chi connectivity index (χ2v) is 5.51. The molecule has 7 heteroatoms. The highest BCUT2D eigenvalue weighted by molar-refractivity contribution is 9.10. The fourth-order valence-electron chi connectivity index (χ4n) is 1.39. The SMILES string of the molecule is C=CCn1nnnc1SCC(=O)c1ccc(Br)cc1. The van der Waals surface area contributed by atoms with Crippen molar-refractivity contribution in [2.75, 3.05) is 5.75 Å². The molecule has 0 radical (unpaired) electrons. The van der Waals surface area contributed by atoms with Crippen molar-refractivity contribution < 1.29 is 4.79 Å². The van der Waals surface area contributed by atoms with Crippen LogP contribution in [0, 0.1) is 0 Å². The van der Waals surface area contributed by atoms with Crippen molar-refractivity contribution in [3.05, 3.63) is 47.0 Å². The molecule has 1 aromatic carbocycles. The largest absolute Gasteiger partial charge is 0.293 e. The molecule has 98 valence electrons. The number of benzene rings is 1. The number of halogens is 1. The van der Waals surface area contributed by atoms with E-state index in [1.54, 1.807) is 22.9 Å². The van der Waals surface area contributed by atoms with Crippen LogP contribution < -0.4 is 0 Å². The summed E-state index contributed by atoms with van der Waals surface area (Å²) in [6.45, 7) is 4.16. The van der Waals surface area contributed by atoms with Crippen molar-refractivity contribution in [2.45, 2.75) is 11.7 Å². The lowest BCUT2D eigenvalue weighted by molar-refractivity contribution is 0.102. The number of Topliss-reactive ketones (excluding diaryl/α,β-unsaturated/α-hetero) is 1. The zero-order chi connectivity index (χ0) is 13.7. The molecule has 0 aliphatic rings. The van der Waals surface area contributed by atoms with Crippen molar-refractivity contribution in [3.63, 3.8) is 0 Å². The van der Waals surface area contributed by atoms with Crippen LogP contribution in [-0.2, 0) is 6.54 Å². The second-order valence-electron chi connectivity index (χ2n) is 3.65. The number of allylic oxidation sites excluding steroid dienone is 1. The second kappa shape index (κ2) is 6.63. The third-order valence-electron chi connectivity index (χ3n) is 2.30. The van der Waals surface area contributed by atoms with Crippen LogP contribution in [0.4, 0.5) is 0 Å². The van der Waals surface area contributed by atoms with Gasteiger partial charge in [0.15, 0.2) is 5.78 Å². The predicted octanol–water partition coefficient (Wildman–Crippen LogP) is 2.60. The third-order valence-corrected chi connectivity index (χ3v) is 3.79. The molecule has 0 saturated carbocycles. The lowest BCUT2D eigenvalue weighted by Crippen LogP contribution is -2.05. The summed E-state index contributed by atoms with van der Waals surface area (Å²) in [7, 11) is 0. The minimum Gasteiger partial charge on any atom is -0.293 e. The molecule has 2 aromatic rings. The highest BCUT2D eigenvalue weighted by atomic mass is 79.9. The number of tetrazole rings is 1. The van der Waals surface area contributed by atoms with Gasteiger partial charge in [-0.1, -0.05) is 45.9 Å². The Morgan fingerprint density at radius 2 is 2.16 bits per heavy atom. The van der Waals surface area contributed by atoms with Crippen LogP contribution in [0.25, 0.3) is 0 Å². The molecule has 0 fully saturated rings. The minimum absolute atomic E-state index is 0.0469. The lowest BCUT2D eigenvalue weighted by Gasteiger charge is -2.02. The summed E-state index contributed by atoms with van der Waals surface area (Å²) in [5, 5.41) is 11.9. The fourth-order valence-corrected chi connectivity index (χ4v) is 2.43. The summed E-state index contributed by atoms with van der Waals surface area (Å²) in [6.07, 6.45) is 1.71. The molecule has 0 spiro atoms. The molecule has 0 aliphatic carbocycles. The van der Waals surface area contributed by atoms with Crippen LogP contribution in [0.15, 0.2) is 46.5 Å². The van der Waals surface area contributed by atoms with Gasteiger partial charge in [-0.3, -0.25) is 4.79 Å². The van der Waals surface area contributed by atoms with Gasteiger partial charge in [-0.15, -0.1) is 11.7 Å². The number of carbonyl (C=O) groups excluding carboxylic acids is 1. The van der Waals surface area contributed by atoms with E-state index < -0.39 is 0 Å². The first-order valence-electron chi connectivity index (χ1n) is 5.49. The molecule has 0 aliphatic heterocycles. The van der Waals surface area contributed by atoms with Gasteiger partial charge in [-0.25, -0.2) is 4.68 Å². The van der Waals surface area contributed by atoms with Gasteiger partial charge in [-0.2, -0.15) is 0 Å². The van der Waals surface area contributed by atoms with Crippen LogP contribution in [-0.4, -0.2) is 31.7 Å². The highest BCUT2D eigenvalue weighted by Crippen LogP contribution is 2.17. The van der Waals surface area contributed by atoms with E-state index in [1.807, 2.05) is 12.1 Å². The Morgan fingerprint density at radius 1 is 1.42 bits per heavy atom. The quantitative estimate of drug-likeness (QED) is 0.460. The molecular weight excluding hydrogens is 328 g/mol. The molecule has 1 heterocycles. The summed E-state index contributed by atoms with van der Waals surface area (Å²) in [6, 6.07) is 7.28. The standard InChI is InChI=1S/C12H11BrN4OS/c1-2-7-17-12(14-15-16-17)19-8-11(18)9-3-5-10(13)6-4-9/h2-6H,1,7-8H2. The average Bonchev–Trinajstić information content (AvgIpc) is 2.85. The zero-order valence-electron chi connectivity index (χ0n) is 9.99. The van der Waals surface area contributed by atoms with Crippen LogP contribution in [0.1, 0.15) is 10.4 Å². The Balaban J connectivity index is 1.98. The first-order chi connectivity index (χ1) is 9.20. The number of nitrogens with zero attached hydrogens (tertiary/aromatic N) is 4. The van der Waals surface area contributed by atoms with Gasteiger partial charge in [0.2, 0.25) is 5.16 Å². The molecule has 2 rings (SSSR count). The summed E-state index contributed by atoms with van der Waals surface area (Å²) in [5.74, 6) is 0.352. The molecule has 0 atom stereocenters. The van der Waals surface area contributed by atoms with Gasteiger partial charge in [-0.05, 0) is 22.6 Å². The van der Waals surface area contributed by atoms with E-state index in [0.29, 0.717) is 23.0 Å². The first kappa shape index (κ1) is 14.0.